The van der Waals surface area contributed by atoms with Gasteiger partial charge in [0.15, 0.2) is 0 Å². The van der Waals surface area contributed by atoms with E-state index in [0.717, 1.165) is 0 Å². The van der Waals surface area contributed by atoms with E-state index in [2.05, 4.69) is 101 Å². The van der Waals surface area contributed by atoms with Gasteiger partial charge in [0.2, 0.25) is 0 Å². The molecule has 0 atom stereocenters. The molecule has 0 spiro atoms. The molecule has 0 aromatic heterocycles. The van der Waals surface area contributed by atoms with Gasteiger partial charge in [0.1, 0.15) is 0 Å². The number of hydrogen-bond acceptors (Lipinski definition) is 0. The first-order chi connectivity index (χ1) is 14.0. The molecular weight excluding hydrogens is 348 g/mol. The van der Waals surface area contributed by atoms with Crippen LogP contribution in [0.1, 0.15) is 30.5 Å². The van der Waals surface area contributed by atoms with E-state index in [1.54, 1.807) is 6.08 Å². The van der Waals surface area contributed by atoms with Gasteiger partial charge in [-0.15, -0.1) is 0 Å². The Morgan fingerprint density at radius 3 is 1.38 bits per heavy atom. The van der Waals surface area contributed by atoms with Crippen LogP contribution < -0.4 is 0 Å². The highest BCUT2D eigenvalue weighted by Gasteiger charge is 1.95. The van der Waals surface area contributed by atoms with E-state index in [-0.39, 0.29) is 0 Å². The van der Waals surface area contributed by atoms with Crippen LogP contribution in [-0.4, -0.2) is 0 Å². The average Bonchev–Trinajstić information content (AvgIpc) is 2.75. The van der Waals surface area contributed by atoms with E-state index >= 15 is 0 Å². The Balaban J connectivity index is 0.000000239. The van der Waals surface area contributed by atoms with Crippen molar-refractivity contribution in [2.45, 2.75) is 34.6 Å². The highest BCUT2D eigenvalue weighted by atomic mass is 14.0. The van der Waals surface area contributed by atoms with Crippen molar-refractivity contribution in [1.82, 2.24) is 0 Å². The molecule has 3 aromatic carbocycles. The van der Waals surface area contributed by atoms with Crippen LogP contribution in [0.3, 0.4) is 0 Å². The molecule has 0 radical (unpaired) electrons. The van der Waals surface area contributed by atoms with Crippen LogP contribution in [0.2, 0.25) is 0 Å². The molecule has 0 heterocycles. The smallest absolute Gasteiger partial charge is 0.0184 e. The normalized spacial score (nSPS) is 10.4. The number of hydrogen-bond donors (Lipinski definition) is 0. The summed E-state index contributed by atoms with van der Waals surface area (Å²) in [7, 11) is 0. The zero-order chi connectivity index (χ0) is 21.5. The second kappa shape index (κ2) is 14.0. The molecule has 150 valence electrons. The van der Waals surface area contributed by atoms with Crippen molar-refractivity contribution in [2.75, 3.05) is 0 Å². The molecule has 0 N–H and O–H groups in total. The average molecular weight is 383 g/mol. The minimum Gasteiger partial charge on any atom is -0.0991 e. The van der Waals surface area contributed by atoms with Gasteiger partial charge in [0.05, 0.1) is 0 Å². The zero-order valence-corrected chi connectivity index (χ0v) is 18.5. The van der Waals surface area contributed by atoms with Gasteiger partial charge in [-0.3, -0.25) is 0 Å². The summed E-state index contributed by atoms with van der Waals surface area (Å²) in [6.45, 7) is 13.9. The highest BCUT2D eigenvalue weighted by Crippen LogP contribution is 2.19. The second-order valence-electron chi connectivity index (χ2n) is 7.01. The topological polar surface area (TPSA) is 0 Å². The maximum absolute atomic E-state index is 3.55. The van der Waals surface area contributed by atoms with Gasteiger partial charge in [0.25, 0.3) is 0 Å². The third-order valence-electron chi connectivity index (χ3n) is 4.33. The first-order valence-electron chi connectivity index (χ1n) is 10.0. The molecule has 0 unspecified atom stereocenters. The summed E-state index contributed by atoms with van der Waals surface area (Å²) in [4.78, 5) is 0. The summed E-state index contributed by atoms with van der Waals surface area (Å²) in [6.07, 6.45) is 7.77. The fraction of sp³-hybridized carbons (Fsp3) is 0.172. The van der Waals surface area contributed by atoms with Gasteiger partial charge >= 0.3 is 0 Å². The number of aryl methyl sites for hydroxylation is 3. The van der Waals surface area contributed by atoms with Crippen molar-refractivity contribution < 1.29 is 0 Å². The van der Waals surface area contributed by atoms with Crippen LogP contribution in [0.25, 0.3) is 11.1 Å². The first-order valence-corrected chi connectivity index (χ1v) is 10.0. The Kier molecular flexibility index (Phi) is 11.5. The summed E-state index contributed by atoms with van der Waals surface area (Å²) in [6, 6.07) is 27.5. The van der Waals surface area contributed by atoms with Crippen molar-refractivity contribution in [3.8, 4) is 11.1 Å². The molecule has 0 amide bonds. The maximum atomic E-state index is 3.55. The predicted octanol–water partition coefficient (Wildman–Crippen LogP) is 8.66. The van der Waals surface area contributed by atoms with E-state index in [1.165, 1.54) is 33.4 Å². The van der Waals surface area contributed by atoms with Gasteiger partial charge in [-0.25, -0.2) is 0 Å². The SMILES string of the molecule is C=C/C=C\C(C)=C/C.Cc1ccc(-c2ccc(C)cc2)cc1.Cc1ccccc1. The first kappa shape index (κ1) is 23.9. The van der Waals surface area contributed by atoms with Gasteiger partial charge in [-0.05, 0) is 45.7 Å². The Bertz CT molecular complexity index is 834. The van der Waals surface area contributed by atoms with Crippen LogP contribution in [0.4, 0.5) is 0 Å². The minimum absolute atomic E-state index is 1.27. The number of benzene rings is 3. The van der Waals surface area contributed by atoms with Crippen molar-refractivity contribution in [3.63, 3.8) is 0 Å². The zero-order valence-electron chi connectivity index (χ0n) is 18.5. The molecule has 0 bridgehead atoms. The van der Waals surface area contributed by atoms with E-state index in [1.807, 2.05) is 37.3 Å². The molecule has 3 rings (SSSR count). The molecule has 0 aliphatic carbocycles. The summed E-state index contributed by atoms with van der Waals surface area (Å²) in [5, 5.41) is 0. The molecule has 0 heteroatoms. The quantitative estimate of drug-likeness (QED) is 0.397. The molecule has 0 saturated carbocycles. The van der Waals surface area contributed by atoms with Crippen LogP contribution >= 0.6 is 0 Å². The third-order valence-corrected chi connectivity index (χ3v) is 4.33. The lowest BCUT2D eigenvalue weighted by Crippen LogP contribution is -1.78. The van der Waals surface area contributed by atoms with Gasteiger partial charge in [-0.2, -0.15) is 0 Å². The largest absolute Gasteiger partial charge is 0.0991 e. The van der Waals surface area contributed by atoms with Gasteiger partial charge < -0.3 is 0 Å². The summed E-state index contributed by atoms with van der Waals surface area (Å²) in [5.74, 6) is 0. The molecule has 0 aliphatic heterocycles. The lowest BCUT2D eigenvalue weighted by atomic mass is 10.0. The van der Waals surface area contributed by atoms with E-state index in [0.29, 0.717) is 0 Å². The second-order valence-corrected chi connectivity index (χ2v) is 7.01. The molecule has 0 saturated heterocycles. The Morgan fingerprint density at radius 2 is 1.07 bits per heavy atom. The van der Waals surface area contributed by atoms with Crippen molar-refractivity contribution in [2.24, 2.45) is 0 Å². The van der Waals surface area contributed by atoms with E-state index in [4.69, 9.17) is 0 Å². The molecule has 0 fully saturated rings. The van der Waals surface area contributed by atoms with E-state index < -0.39 is 0 Å². The van der Waals surface area contributed by atoms with Crippen molar-refractivity contribution >= 4 is 0 Å². The summed E-state index contributed by atoms with van der Waals surface area (Å²) >= 11 is 0. The molecule has 29 heavy (non-hydrogen) atoms. The van der Waals surface area contributed by atoms with Gasteiger partial charge in [0, 0.05) is 0 Å². The standard InChI is InChI=1S/C14H14.C8H12.C7H8/c1-11-3-7-13(8-4-11)14-9-5-12(2)6-10-14;1-4-6-7-8(3)5-2;1-7-5-3-2-4-6-7/h3-10H,1-2H3;4-7H,1H2,2-3H3;2-6H,1H3/b;7-6-,8-5-;. The molecular formula is C29H34. The lowest BCUT2D eigenvalue weighted by Gasteiger charge is -2.02. The molecule has 3 aromatic rings. The highest BCUT2D eigenvalue weighted by molar-refractivity contribution is 5.63. The number of allylic oxidation sites excluding steroid dienone is 5. The van der Waals surface area contributed by atoms with Crippen molar-refractivity contribution in [3.05, 3.63) is 132 Å². The van der Waals surface area contributed by atoms with Gasteiger partial charge in [-0.1, -0.05) is 132 Å². The predicted molar refractivity (Wildman–Crippen MR) is 131 cm³/mol. The lowest BCUT2D eigenvalue weighted by molar-refractivity contribution is 1.45. The molecule has 0 nitrogen and oxygen atoms in total. The fourth-order valence-corrected chi connectivity index (χ4v) is 2.34. The summed E-state index contributed by atoms with van der Waals surface area (Å²) < 4.78 is 0. The third kappa shape index (κ3) is 10.7. The monoisotopic (exact) mass is 382 g/mol. The Morgan fingerprint density at radius 1 is 0.655 bits per heavy atom. The van der Waals surface area contributed by atoms with Crippen LogP contribution in [-0.2, 0) is 0 Å². The molecule has 0 aliphatic rings. The van der Waals surface area contributed by atoms with Crippen LogP contribution in [0.15, 0.2) is 115 Å². The Labute approximate surface area is 178 Å². The minimum atomic E-state index is 1.27. The van der Waals surface area contributed by atoms with E-state index in [9.17, 15) is 0 Å². The summed E-state index contributed by atoms with van der Waals surface area (Å²) in [5.41, 5.74) is 7.78. The van der Waals surface area contributed by atoms with Crippen LogP contribution in [0.5, 0.6) is 0 Å². The Hall–Kier alpha value is -3.12. The fourth-order valence-electron chi connectivity index (χ4n) is 2.34. The number of rotatable bonds is 3. The maximum Gasteiger partial charge on any atom is -0.0184 e. The van der Waals surface area contributed by atoms with Crippen molar-refractivity contribution in [1.29, 1.82) is 0 Å². The van der Waals surface area contributed by atoms with Crippen LogP contribution in [0, 0.1) is 20.8 Å².